The highest BCUT2D eigenvalue weighted by Crippen LogP contribution is 2.26. The van der Waals surface area contributed by atoms with E-state index in [0.717, 1.165) is 28.0 Å². The molecule has 0 aliphatic rings. The number of ether oxygens (including phenoxy) is 1. The summed E-state index contributed by atoms with van der Waals surface area (Å²) >= 11 is 1.39. The largest absolute Gasteiger partial charge is 0.497 e. The second-order valence-corrected chi connectivity index (χ2v) is 6.87. The van der Waals surface area contributed by atoms with Crippen LogP contribution < -0.4 is 10.1 Å². The minimum absolute atomic E-state index is 0.0522. The number of fused-ring (bicyclic) bond motifs is 1. The fourth-order valence-corrected chi connectivity index (χ4v) is 3.16. The third-order valence-electron chi connectivity index (χ3n) is 3.61. The van der Waals surface area contributed by atoms with Gasteiger partial charge >= 0.3 is 0 Å². The number of aromatic amines is 1. The number of benzene rings is 2. The lowest BCUT2D eigenvalue weighted by atomic mass is 10.2. The summed E-state index contributed by atoms with van der Waals surface area (Å²) in [5, 5.41) is 3.38. The van der Waals surface area contributed by atoms with Gasteiger partial charge in [0.25, 0.3) is 0 Å². The summed E-state index contributed by atoms with van der Waals surface area (Å²) in [7, 11) is 1.63. The molecule has 1 heterocycles. The second-order valence-electron chi connectivity index (χ2n) is 5.54. The van der Waals surface area contributed by atoms with Crippen molar-refractivity contribution in [2.45, 2.75) is 24.3 Å². The average Bonchev–Trinajstić information content (AvgIpc) is 2.95. The van der Waals surface area contributed by atoms with Crippen LogP contribution in [0.4, 0.5) is 5.69 Å². The van der Waals surface area contributed by atoms with Crippen LogP contribution in [0.2, 0.25) is 0 Å². The molecular weight excluding hydrogens is 322 g/mol. The molecule has 1 aromatic heterocycles. The van der Waals surface area contributed by atoms with Crippen molar-refractivity contribution in [3.63, 3.8) is 0 Å². The van der Waals surface area contributed by atoms with Gasteiger partial charge < -0.3 is 15.0 Å². The molecule has 0 saturated heterocycles. The molecule has 1 atom stereocenters. The first kappa shape index (κ1) is 16.4. The minimum Gasteiger partial charge on any atom is -0.497 e. The molecule has 2 N–H and O–H groups in total. The zero-order valence-electron chi connectivity index (χ0n) is 13.8. The van der Waals surface area contributed by atoms with E-state index in [9.17, 15) is 4.79 Å². The third kappa shape index (κ3) is 3.71. The normalized spacial score (nSPS) is 12.1. The number of methoxy groups -OCH3 is 1. The molecule has 24 heavy (non-hydrogen) atoms. The minimum atomic E-state index is -0.270. The van der Waals surface area contributed by atoms with Gasteiger partial charge in [-0.05, 0) is 43.7 Å². The Kier molecular flexibility index (Phi) is 4.76. The summed E-state index contributed by atoms with van der Waals surface area (Å²) in [4.78, 5) is 20.1. The number of rotatable bonds is 5. The van der Waals surface area contributed by atoms with Gasteiger partial charge in [0.1, 0.15) is 5.75 Å². The number of amides is 1. The molecule has 124 valence electrons. The molecule has 5 nitrogen and oxygen atoms in total. The van der Waals surface area contributed by atoms with E-state index in [4.69, 9.17) is 4.74 Å². The van der Waals surface area contributed by atoms with Crippen LogP contribution in [0, 0.1) is 6.92 Å². The summed E-state index contributed by atoms with van der Waals surface area (Å²) < 4.78 is 5.21. The molecule has 0 aliphatic carbocycles. The Labute approximate surface area is 144 Å². The SMILES string of the molecule is COc1ccc2nc(S[C@@H](C)C(=O)Nc3cccc(C)c3)[nH]c2c1. The molecule has 0 aliphatic heterocycles. The van der Waals surface area contributed by atoms with Gasteiger partial charge in [-0.1, -0.05) is 23.9 Å². The van der Waals surface area contributed by atoms with Gasteiger partial charge in [0.15, 0.2) is 5.16 Å². The molecule has 0 radical (unpaired) electrons. The monoisotopic (exact) mass is 341 g/mol. The Morgan fingerprint density at radius 3 is 2.88 bits per heavy atom. The zero-order valence-corrected chi connectivity index (χ0v) is 14.6. The molecule has 0 fully saturated rings. The van der Waals surface area contributed by atoms with Gasteiger partial charge in [0.2, 0.25) is 5.91 Å². The number of nitrogens with one attached hydrogen (secondary N) is 2. The van der Waals surface area contributed by atoms with Crippen molar-refractivity contribution in [1.29, 1.82) is 0 Å². The van der Waals surface area contributed by atoms with E-state index in [0.29, 0.717) is 5.16 Å². The van der Waals surface area contributed by atoms with Crippen LogP contribution in [-0.4, -0.2) is 28.2 Å². The molecule has 1 amide bonds. The zero-order chi connectivity index (χ0) is 17.1. The number of carbonyl (C=O) groups excluding carboxylic acids is 1. The highest BCUT2D eigenvalue weighted by atomic mass is 32.2. The number of imidazole rings is 1. The molecule has 0 spiro atoms. The maximum Gasteiger partial charge on any atom is 0.237 e. The van der Waals surface area contributed by atoms with Crippen molar-refractivity contribution < 1.29 is 9.53 Å². The number of aromatic nitrogens is 2. The van der Waals surface area contributed by atoms with Gasteiger partial charge in [-0.25, -0.2) is 4.98 Å². The van der Waals surface area contributed by atoms with Crippen molar-refractivity contribution in [3.8, 4) is 5.75 Å². The fraction of sp³-hybridized carbons (Fsp3) is 0.222. The summed E-state index contributed by atoms with van der Waals surface area (Å²) in [6, 6.07) is 13.4. The number of nitrogens with zero attached hydrogens (tertiary/aromatic N) is 1. The summed E-state index contributed by atoms with van der Waals surface area (Å²) in [6.45, 7) is 3.86. The van der Waals surface area contributed by atoms with E-state index in [1.165, 1.54) is 11.8 Å². The van der Waals surface area contributed by atoms with Gasteiger partial charge in [-0.15, -0.1) is 0 Å². The lowest BCUT2D eigenvalue weighted by Crippen LogP contribution is -2.22. The Morgan fingerprint density at radius 1 is 1.29 bits per heavy atom. The van der Waals surface area contributed by atoms with E-state index >= 15 is 0 Å². The third-order valence-corrected chi connectivity index (χ3v) is 4.59. The van der Waals surface area contributed by atoms with Crippen LogP contribution in [0.1, 0.15) is 12.5 Å². The number of anilines is 1. The van der Waals surface area contributed by atoms with Crippen LogP contribution in [0.5, 0.6) is 5.75 Å². The van der Waals surface area contributed by atoms with Gasteiger partial charge in [-0.2, -0.15) is 0 Å². The van der Waals surface area contributed by atoms with E-state index in [1.54, 1.807) is 7.11 Å². The van der Waals surface area contributed by atoms with Crippen molar-refractivity contribution in [1.82, 2.24) is 9.97 Å². The van der Waals surface area contributed by atoms with Crippen LogP contribution in [0.25, 0.3) is 11.0 Å². The topological polar surface area (TPSA) is 67.0 Å². The number of aryl methyl sites for hydroxylation is 1. The quantitative estimate of drug-likeness (QED) is 0.688. The lowest BCUT2D eigenvalue weighted by Gasteiger charge is -2.10. The first-order valence-electron chi connectivity index (χ1n) is 7.63. The van der Waals surface area contributed by atoms with Crippen molar-refractivity contribution >= 4 is 34.4 Å². The predicted molar refractivity (Wildman–Crippen MR) is 97.8 cm³/mol. The predicted octanol–water partition coefficient (Wildman–Crippen LogP) is 4.00. The molecule has 0 unspecified atom stereocenters. The molecule has 3 aromatic rings. The van der Waals surface area contributed by atoms with Gasteiger partial charge in [0.05, 0.1) is 23.4 Å². The molecule has 0 saturated carbocycles. The fourth-order valence-electron chi connectivity index (χ4n) is 2.34. The molecule has 3 rings (SSSR count). The number of H-pyrrole nitrogens is 1. The number of carbonyl (C=O) groups is 1. The maximum atomic E-state index is 12.4. The average molecular weight is 341 g/mol. The number of hydrogen-bond donors (Lipinski definition) is 2. The van der Waals surface area contributed by atoms with E-state index in [1.807, 2.05) is 56.3 Å². The summed E-state index contributed by atoms with van der Waals surface area (Å²) in [5.74, 6) is 0.719. The highest BCUT2D eigenvalue weighted by Gasteiger charge is 2.17. The Balaban J connectivity index is 1.69. The second kappa shape index (κ2) is 6.97. The van der Waals surface area contributed by atoms with E-state index < -0.39 is 0 Å². The Morgan fingerprint density at radius 2 is 2.12 bits per heavy atom. The molecule has 6 heteroatoms. The Bertz CT molecular complexity index is 876. The van der Waals surface area contributed by atoms with Gasteiger partial charge in [0, 0.05) is 11.8 Å². The van der Waals surface area contributed by atoms with Crippen molar-refractivity contribution in [2.24, 2.45) is 0 Å². The maximum absolute atomic E-state index is 12.4. The van der Waals surface area contributed by atoms with Crippen LogP contribution >= 0.6 is 11.8 Å². The summed E-state index contributed by atoms with van der Waals surface area (Å²) in [5.41, 5.74) is 3.66. The van der Waals surface area contributed by atoms with E-state index in [-0.39, 0.29) is 11.2 Å². The molecular formula is C18H19N3O2S. The van der Waals surface area contributed by atoms with Crippen LogP contribution in [0.3, 0.4) is 0 Å². The molecule has 2 aromatic carbocycles. The standard InChI is InChI=1S/C18H19N3O2S/c1-11-5-4-6-13(9-11)19-17(22)12(2)24-18-20-15-8-7-14(23-3)10-16(15)21-18/h4-10,12H,1-3H3,(H,19,22)(H,20,21)/t12-/m0/s1. The first-order chi connectivity index (χ1) is 11.5. The van der Waals surface area contributed by atoms with E-state index in [2.05, 4.69) is 15.3 Å². The van der Waals surface area contributed by atoms with Gasteiger partial charge in [-0.3, -0.25) is 4.79 Å². The van der Waals surface area contributed by atoms with Crippen molar-refractivity contribution in [3.05, 3.63) is 48.0 Å². The van der Waals surface area contributed by atoms with Crippen molar-refractivity contribution in [2.75, 3.05) is 12.4 Å². The summed E-state index contributed by atoms with van der Waals surface area (Å²) in [6.07, 6.45) is 0. The Hall–Kier alpha value is -2.47. The number of thioether (sulfide) groups is 1. The first-order valence-corrected chi connectivity index (χ1v) is 8.51. The smallest absolute Gasteiger partial charge is 0.237 e. The lowest BCUT2D eigenvalue weighted by molar-refractivity contribution is -0.115. The molecule has 0 bridgehead atoms. The van der Waals surface area contributed by atoms with Crippen LogP contribution in [0.15, 0.2) is 47.6 Å². The highest BCUT2D eigenvalue weighted by molar-refractivity contribution is 8.00. The van der Waals surface area contributed by atoms with Crippen LogP contribution in [-0.2, 0) is 4.79 Å². The number of hydrogen-bond acceptors (Lipinski definition) is 4.